The largest absolute Gasteiger partial charge is 0.375 e. The number of benzene rings is 1. The quantitative estimate of drug-likeness (QED) is 0.634. The van der Waals surface area contributed by atoms with Gasteiger partial charge in [0.25, 0.3) is 0 Å². The van der Waals surface area contributed by atoms with Gasteiger partial charge in [-0.25, -0.2) is 9.97 Å². The molecule has 3 rings (SSSR count). The van der Waals surface area contributed by atoms with E-state index in [0.29, 0.717) is 29.8 Å². The Balaban J connectivity index is 1.50. The number of aromatic nitrogens is 4. The van der Waals surface area contributed by atoms with E-state index in [1.165, 1.54) is 6.33 Å². The van der Waals surface area contributed by atoms with Gasteiger partial charge in [-0.05, 0) is 23.8 Å². The van der Waals surface area contributed by atoms with Crippen LogP contribution in [0.15, 0.2) is 49.2 Å². The van der Waals surface area contributed by atoms with Crippen LogP contribution in [0.2, 0.25) is 10.0 Å². The van der Waals surface area contributed by atoms with Crippen molar-refractivity contribution in [1.29, 1.82) is 0 Å². The van der Waals surface area contributed by atoms with Crippen molar-refractivity contribution in [3.8, 4) is 11.3 Å². The lowest BCUT2D eigenvalue weighted by Crippen LogP contribution is -2.06. The van der Waals surface area contributed by atoms with Crippen molar-refractivity contribution in [3.05, 3.63) is 64.8 Å². The number of halogens is 2. The molecule has 0 spiro atoms. The summed E-state index contributed by atoms with van der Waals surface area (Å²) < 4.78 is 7.47. The topological polar surface area (TPSA) is 52.8 Å². The maximum atomic E-state index is 6.10. The number of nitrogens with zero attached hydrogens (tertiary/aromatic N) is 4. The molecule has 1 aromatic carbocycles. The van der Waals surface area contributed by atoms with Crippen LogP contribution < -0.4 is 0 Å². The van der Waals surface area contributed by atoms with Crippen LogP contribution in [0.3, 0.4) is 0 Å². The first kappa shape index (κ1) is 15.9. The zero-order chi connectivity index (χ0) is 16.1. The minimum atomic E-state index is 0.441. The van der Waals surface area contributed by atoms with Gasteiger partial charge in [0, 0.05) is 28.0 Å². The van der Waals surface area contributed by atoms with Crippen molar-refractivity contribution in [2.75, 3.05) is 6.61 Å². The third-order valence-corrected chi connectivity index (χ3v) is 3.84. The van der Waals surface area contributed by atoms with Gasteiger partial charge in [-0.15, -0.1) is 0 Å². The molecule has 0 bridgehead atoms. The summed E-state index contributed by atoms with van der Waals surface area (Å²) in [5.41, 5.74) is 2.71. The van der Waals surface area contributed by atoms with E-state index < -0.39 is 0 Å². The van der Waals surface area contributed by atoms with E-state index in [2.05, 4.69) is 15.1 Å². The van der Waals surface area contributed by atoms with E-state index in [-0.39, 0.29) is 0 Å². The van der Waals surface area contributed by atoms with Crippen molar-refractivity contribution in [2.45, 2.75) is 13.2 Å². The number of rotatable bonds is 6. The third-order valence-electron chi connectivity index (χ3n) is 3.25. The second kappa shape index (κ2) is 7.55. The Labute approximate surface area is 143 Å². The molecular weight excluding hydrogens is 335 g/mol. The minimum absolute atomic E-state index is 0.441. The van der Waals surface area contributed by atoms with Crippen LogP contribution in [0.1, 0.15) is 5.56 Å². The molecule has 0 radical (unpaired) electrons. The zero-order valence-corrected chi connectivity index (χ0v) is 13.7. The number of hydrogen-bond donors (Lipinski definition) is 0. The maximum Gasteiger partial charge on any atom is 0.116 e. The van der Waals surface area contributed by atoms with Gasteiger partial charge in [0.15, 0.2) is 0 Å². The predicted molar refractivity (Wildman–Crippen MR) is 89.4 cm³/mol. The first-order chi connectivity index (χ1) is 11.2. The highest BCUT2D eigenvalue weighted by Crippen LogP contribution is 2.21. The van der Waals surface area contributed by atoms with Gasteiger partial charge >= 0.3 is 0 Å². The Bertz CT molecular complexity index is 777. The van der Waals surface area contributed by atoms with E-state index in [4.69, 9.17) is 27.9 Å². The van der Waals surface area contributed by atoms with Crippen molar-refractivity contribution in [2.24, 2.45) is 0 Å². The SMILES string of the molecule is Clc1ccc(COCCn2cc(-c3ccncn3)cn2)c(Cl)c1. The molecule has 0 amide bonds. The van der Waals surface area contributed by atoms with Crippen molar-refractivity contribution < 1.29 is 4.74 Å². The fraction of sp³-hybridized carbons (Fsp3) is 0.188. The molecule has 0 aliphatic carbocycles. The summed E-state index contributed by atoms with van der Waals surface area (Å²) in [6, 6.07) is 7.23. The average Bonchev–Trinajstić information content (AvgIpc) is 3.03. The van der Waals surface area contributed by atoms with E-state index in [1.54, 1.807) is 24.5 Å². The standard InChI is InChI=1S/C16H14Cl2N4O/c17-14-2-1-12(15(18)7-14)10-23-6-5-22-9-13(8-21-22)16-3-4-19-11-20-16/h1-4,7-9,11H,5-6,10H2. The third kappa shape index (κ3) is 4.28. The molecule has 0 aliphatic heterocycles. The van der Waals surface area contributed by atoms with Gasteiger partial charge in [0.2, 0.25) is 0 Å². The average molecular weight is 349 g/mol. The van der Waals surface area contributed by atoms with Gasteiger partial charge in [-0.2, -0.15) is 5.10 Å². The minimum Gasteiger partial charge on any atom is -0.375 e. The molecule has 0 unspecified atom stereocenters. The van der Waals surface area contributed by atoms with E-state index in [1.807, 2.05) is 23.0 Å². The molecule has 2 aromatic heterocycles. The van der Waals surface area contributed by atoms with E-state index in [9.17, 15) is 0 Å². The van der Waals surface area contributed by atoms with E-state index in [0.717, 1.165) is 16.8 Å². The summed E-state index contributed by atoms with van der Waals surface area (Å²) in [4.78, 5) is 8.10. The molecule has 0 atom stereocenters. The summed E-state index contributed by atoms with van der Waals surface area (Å²) >= 11 is 12.0. The second-order valence-corrected chi connectivity index (χ2v) is 5.72. The molecule has 7 heteroatoms. The molecule has 5 nitrogen and oxygen atoms in total. The molecule has 0 N–H and O–H groups in total. The van der Waals surface area contributed by atoms with Crippen LogP contribution in [-0.2, 0) is 17.9 Å². The lowest BCUT2D eigenvalue weighted by Gasteiger charge is -2.06. The Morgan fingerprint density at radius 3 is 2.87 bits per heavy atom. The van der Waals surface area contributed by atoms with Crippen LogP contribution in [0.4, 0.5) is 0 Å². The monoisotopic (exact) mass is 348 g/mol. The first-order valence-electron chi connectivity index (χ1n) is 7.03. The van der Waals surface area contributed by atoms with Crippen LogP contribution in [-0.4, -0.2) is 26.4 Å². The highest BCUT2D eigenvalue weighted by molar-refractivity contribution is 6.35. The summed E-state index contributed by atoms with van der Waals surface area (Å²) in [6.07, 6.45) is 6.93. The predicted octanol–water partition coefficient (Wildman–Crippen LogP) is 3.86. The lowest BCUT2D eigenvalue weighted by molar-refractivity contribution is 0.111. The fourth-order valence-corrected chi connectivity index (χ4v) is 2.52. The van der Waals surface area contributed by atoms with Gasteiger partial charge in [0.05, 0.1) is 31.6 Å². The highest BCUT2D eigenvalue weighted by atomic mass is 35.5. The molecule has 2 heterocycles. The fourth-order valence-electron chi connectivity index (χ4n) is 2.06. The molecule has 0 saturated carbocycles. The van der Waals surface area contributed by atoms with Crippen LogP contribution >= 0.6 is 23.2 Å². The summed E-state index contributed by atoms with van der Waals surface area (Å²) in [5.74, 6) is 0. The Kier molecular flexibility index (Phi) is 5.23. The molecular formula is C16H14Cl2N4O. The van der Waals surface area contributed by atoms with Crippen LogP contribution in [0, 0.1) is 0 Å². The van der Waals surface area contributed by atoms with Gasteiger partial charge < -0.3 is 4.74 Å². The molecule has 23 heavy (non-hydrogen) atoms. The van der Waals surface area contributed by atoms with Gasteiger partial charge in [0.1, 0.15) is 6.33 Å². The molecule has 0 saturated heterocycles. The Morgan fingerprint density at radius 1 is 1.17 bits per heavy atom. The second-order valence-electron chi connectivity index (χ2n) is 4.88. The zero-order valence-electron chi connectivity index (χ0n) is 12.2. The number of hydrogen-bond acceptors (Lipinski definition) is 4. The summed E-state index contributed by atoms with van der Waals surface area (Å²) in [5, 5.41) is 5.53. The van der Waals surface area contributed by atoms with Crippen molar-refractivity contribution in [3.63, 3.8) is 0 Å². The Hall–Kier alpha value is -1.95. The van der Waals surface area contributed by atoms with Gasteiger partial charge in [-0.3, -0.25) is 4.68 Å². The van der Waals surface area contributed by atoms with E-state index >= 15 is 0 Å². The molecule has 118 valence electrons. The molecule has 0 aliphatic rings. The maximum absolute atomic E-state index is 6.10. The highest BCUT2D eigenvalue weighted by Gasteiger charge is 2.04. The Morgan fingerprint density at radius 2 is 2.09 bits per heavy atom. The number of ether oxygens (including phenoxy) is 1. The molecule has 0 fully saturated rings. The normalized spacial score (nSPS) is 10.9. The van der Waals surface area contributed by atoms with Crippen LogP contribution in [0.25, 0.3) is 11.3 Å². The summed E-state index contributed by atoms with van der Waals surface area (Å²) in [6.45, 7) is 1.62. The van der Waals surface area contributed by atoms with Crippen LogP contribution in [0.5, 0.6) is 0 Å². The smallest absolute Gasteiger partial charge is 0.116 e. The molecule has 3 aromatic rings. The first-order valence-corrected chi connectivity index (χ1v) is 7.78. The lowest BCUT2D eigenvalue weighted by atomic mass is 10.2. The summed E-state index contributed by atoms with van der Waals surface area (Å²) in [7, 11) is 0. The van der Waals surface area contributed by atoms with Gasteiger partial charge in [-0.1, -0.05) is 29.3 Å². The van der Waals surface area contributed by atoms with Crippen molar-refractivity contribution in [1.82, 2.24) is 19.7 Å². The van der Waals surface area contributed by atoms with Crippen molar-refractivity contribution >= 4 is 23.2 Å².